The van der Waals surface area contributed by atoms with Crippen LogP contribution in [-0.4, -0.2) is 54.5 Å². The number of carbonyl (C=O) groups excluding carboxylic acids is 2. The molecule has 0 aromatic heterocycles. The molecule has 1 aromatic carbocycles. The molecule has 0 saturated carbocycles. The number of hydrogen-bond acceptors (Lipinski definition) is 6. The molecule has 0 aliphatic rings. The normalized spacial score (nSPS) is 18.0. The minimum absolute atomic E-state index is 0.0157. The second kappa shape index (κ2) is 17.8. The fraction of sp³-hybridized carbons (Fsp3) is 0.659. The molecule has 0 radical (unpaired) electrons. The van der Waals surface area contributed by atoms with E-state index >= 15 is 0 Å². The zero-order valence-corrected chi connectivity index (χ0v) is 38.2. The van der Waals surface area contributed by atoms with Gasteiger partial charge in [0, 0.05) is 11.8 Å². The summed E-state index contributed by atoms with van der Waals surface area (Å²) in [6.07, 6.45) is 7.49. The number of rotatable bonds is 17. The van der Waals surface area contributed by atoms with Crippen molar-refractivity contribution in [1.82, 2.24) is 0 Å². The average Bonchev–Trinajstić information content (AvgIpc) is 2.97. The van der Waals surface area contributed by atoms with Gasteiger partial charge in [0.25, 0.3) is 0 Å². The fourth-order valence-electron chi connectivity index (χ4n) is 5.14. The first-order valence-electron chi connectivity index (χ1n) is 18.3. The lowest BCUT2D eigenvalue weighted by Crippen LogP contribution is -2.52. The third-order valence-electron chi connectivity index (χ3n) is 10.4. The molecule has 6 nitrogen and oxygen atoms in total. The molecular formula is C41H72O6Si3. The van der Waals surface area contributed by atoms with E-state index in [1.54, 1.807) is 6.92 Å². The monoisotopic (exact) mass is 744 g/mol. The average molecular weight is 745 g/mol. The summed E-state index contributed by atoms with van der Waals surface area (Å²) in [5.41, 5.74) is 1.40. The van der Waals surface area contributed by atoms with Gasteiger partial charge in [0.1, 0.15) is 6.61 Å². The lowest BCUT2D eigenvalue weighted by atomic mass is 9.90. The molecule has 0 N–H and O–H groups in total. The molecule has 284 valence electrons. The Hall–Kier alpha value is -1.89. The van der Waals surface area contributed by atoms with Crippen molar-refractivity contribution in [1.29, 1.82) is 0 Å². The van der Waals surface area contributed by atoms with Crippen LogP contribution in [0.1, 0.15) is 88.6 Å². The third-order valence-corrected chi connectivity index (χ3v) is 20.4. The zero-order chi connectivity index (χ0) is 39.1. The van der Waals surface area contributed by atoms with Crippen LogP contribution in [0.2, 0.25) is 55.9 Å². The summed E-state index contributed by atoms with van der Waals surface area (Å²) in [4.78, 5) is 27.5. The number of benzene rings is 1. The van der Waals surface area contributed by atoms with Crippen molar-refractivity contribution >= 4 is 36.7 Å². The highest BCUT2D eigenvalue weighted by molar-refractivity contribution is 6.74. The van der Waals surface area contributed by atoms with Gasteiger partial charge in [-0.05, 0) is 106 Å². The molecule has 5 atom stereocenters. The van der Waals surface area contributed by atoms with E-state index < -0.39 is 42.3 Å². The number of ether oxygens (including phenoxy) is 1. The van der Waals surface area contributed by atoms with Crippen molar-refractivity contribution < 1.29 is 27.6 Å². The van der Waals surface area contributed by atoms with E-state index in [1.807, 2.05) is 56.0 Å². The first-order chi connectivity index (χ1) is 22.5. The number of esters is 1. The van der Waals surface area contributed by atoms with E-state index in [9.17, 15) is 9.59 Å². The SMILES string of the molecule is C/C=C(\C)[C@H](O[Si](C)(C)C(C)(C)C)[C@@H](C)/C=C(\C)[C@@H](O[Si](C)(C)C(C)(C)C)[C@@H](C)/C=C/C(=O)[C@](C)(O[Si](C)(C)C)C(=O)OCc1ccccc1. The van der Waals surface area contributed by atoms with E-state index in [0.29, 0.717) is 0 Å². The molecule has 0 aliphatic heterocycles. The molecule has 0 heterocycles. The van der Waals surface area contributed by atoms with Gasteiger partial charge in [0.05, 0.1) is 12.2 Å². The van der Waals surface area contributed by atoms with E-state index in [4.69, 9.17) is 18.0 Å². The Bertz CT molecular complexity index is 1360. The van der Waals surface area contributed by atoms with Crippen LogP contribution >= 0.6 is 0 Å². The predicted molar refractivity (Wildman–Crippen MR) is 219 cm³/mol. The van der Waals surface area contributed by atoms with Gasteiger partial charge in [-0.15, -0.1) is 0 Å². The Kier molecular flexibility index (Phi) is 16.4. The summed E-state index contributed by atoms with van der Waals surface area (Å²) in [7, 11) is -6.64. The van der Waals surface area contributed by atoms with E-state index in [1.165, 1.54) is 11.6 Å². The molecule has 0 spiro atoms. The summed E-state index contributed by atoms with van der Waals surface area (Å²) < 4.78 is 26.1. The summed E-state index contributed by atoms with van der Waals surface area (Å²) in [5, 5.41) is 0.0669. The largest absolute Gasteiger partial charge is 0.458 e. The molecule has 1 rings (SSSR count). The van der Waals surface area contributed by atoms with Crippen molar-refractivity contribution in [2.24, 2.45) is 11.8 Å². The van der Waals surface area contributed by atoms with Gasteiger partial charge in [-0.1, -0.05) is 104 Å². The molecular weight excluding hydrogens is 673 g/mol. The maximum Gasteiger partial charge on any atom is 0.345 e. The summed E-state index contributed by atoms with van der Waals surface area (Å²) in [6.45, 7) is 40.8. The predicted octanol–water partition coefficient (Wildman–Crippen LogP) is 11.4. The molecule has 50 heavy (non-hydrogen) atoms. The van der Waals surface area contributed by atoms with Crippen LogP contribution < -0.4 is 0 Å². The molecule has 0 fully saturated rings. The minimum Gasteiger partial charge on any atom is -0.458 e. The smallest absolute Gasteiger partial charge is 0.345 e. The Morgan fingerprint density at radius 2 is 1.20 bits per heavy atom. The van der Waals surface area contributed by atoms with Crippen LogP contribution in [0.3, 0.4) is 0 Å². The summed E-state index contributed by atoms with van der Waals surface area (Å²) >= 11 is 0. The first-order valence-corrected chi connectivity index (χ1v) is 27.5. The molecule has 9 heteroatoms. The number of carbonyl (C=O) groups is 2. The van der Waals surface area contributed by atoms with Gasteiger partial charge in [0.15, 0.2) is 30.7 Å². The van der Waals surface area contributed by atoms with E-state index in [2.05, 4.69) is 115 Å². The van der Waals surface area contributed by atoms with E-state index in [-0.39, 0.29) is 40.7 Å². The fourth-order valence-corrected chi connectivity index (χ4v) is 9.33. The maximum atomic E-state index is 14.0. The Labute approximate surface area is 309 Å². The van der Waals surface area contributed by atoms with Crippen LogP contribution in [0.5, 0.6) is 0 Å². The van der Waals surface area contributed by atoms with Crippen molar-refractivity contribution in [2.75, 3.05) is 0 Å². The van der Waals surface area contributed by atoms with Gasteiger partial charge >= 0.3 is 5.97 Å². The number of ketones is 1. The second-order valence-electron chi connectivity index (χ2n) is 18.3. The highest BCUT2D eigenvalue weighted by Gasteiger charge is 2.46. The maximum absolute atomic E-state index is 14.0. The first kappa shape index (κ1) is 46.1. The highest BCUT2D eigenvalue weighted by Crippen LogP contribution is 2.41. The van der Waals surface area contributed by atoms with Gasteiger partial charge in [-0.2, -0.15) is 0 Å². The van der Waals surface area contributed by atoms with Gasteiger partial charge in [-0.3, -0.25) is 4.79 Å². The number of hydrogen-bond donors (Lipinski definition) is 0. The highest BCUT2D eigenvalue weighted by atomic mass is 28.4. The van der Waals surface area contributed by atoms with Crippen LogP contribution in [0.25, 0.3) is 0 Å². The van der Waals surface area contributed by atoms with Crippen molar-refractivity contribution in [3.8, 4) is 0 Å². The Morgan fingerprint density at radius 3 is 1.62 bits per heavy atom. The lowest BCUT2D eigenvalue weighted by molar-refractivity contribution is -0.166. The van der Waals surface area contributed by atoms with Gasteiger partial charge in [0.2, 0.25) is 5.60 Å². The molecule has 0 saturated heterocycles. The summed E-state index contributed by atoms with van der Waals surface area (Å²) in [6, 6.07) is 9.45. The third kappa shape index (κ3) is 13.3. The zero-order valence-electron chi connectivity index (χ0n) is 35.2. The quantitative estimate of drug-likeness (QED) is 0.0520. The van der Waals surface area contributed by atoms with Crippen molar-refractivity contribution in [3.05, 3.63) is 71.3 Å². The van der Waals surface area contributed by atoms with Crippen LogP contribution in [0.15, 0.2) is 65.8 Å². The van der Waals surface area contributed by atoms with Gasteiger partial charge in [-0.25, -0.2) is 4.79 Å². The second-order valence-corrected chi connectivity index (χ2v) is 32.2. The van der Waals surface area contributed by atoms with Gasteiger partial charge < -0.3 is 18.0 Å². The molecule has 0 unspecified atom stereocenters. The number of allylic oxidation sites excluding steroid dienone is 1. The van der Waals surface area contributed by atoms with Crippen LogP contribution in [0.4, 0.5) is 0 Å². The summed E-state index contributed by atoms with van der Waals surface area (Å²) in [5.74, 6) is -1.19. The molecule has 0 amide bonds. The van der Waals surface area contributed by atoms with E-state index in [0.717, 1.165) is 11.1 Å². The standard InChI is InChI=1S/C41H72O6Si3/c1-20-30(2)36(45-49(16,17)39(6,7)8)32(4)28-33(5)37(46-50(18,19)40(9,10)11)31(3)26-27-35(42)41(12,47-48(13,14)15)38(43)44-29-34-24-22-21-23-25-34/h20-28,31-32,36-37H,29H2,1-19H3/b27-26+,30-20+,33-28+/t31-,32-,36-,37-,41-/m0/s1. The van der Waals surface area contributed by atoms with Crippen molar-refractivity contribution in [2.45, 2.75) is 163 Å². The van der Waals surface area contributed by atoms with Crippen molar-refractivity contribution in [3.63, 3.8) is 0 Å². The molecule has 0 aliphatic carbocycles. The minimum atomic E-state index is -2.34. The van der Waals surface area contributed by atoms with Crippen LogP contribution in [0, 0.1) is 11.8 Å². The Balaban J connectivity index is 3.58. The van der Waals surface area contributed by atoms with Crippen LogP contribution in [-0.2, 0) is 34.2 Å². The molecule has 0 bridgehead atoms. The topological polar surface area (TPSA) is 71.1 Å². The lowest BCUT2D eigenvalue weighted by Gasteiger charge is -2.42. The Morgan fingerprint density at radius 1 is 0.740 bits per heavy atom. The molecule has 1 aromatic rings.